The minimum atomic E-state index is -0.0470. The summed E-state index contributed by atoms with van der Waals surface area (Å²) in [5.41, 5.74) is 1.68. The van der Waals surface area contributed by atoms with E-state index < -0.39 is 0 Å². The Labute approximate surface area is 143 Å². The minimum absolute atomic E-state index is 0.0470. The maximum Gasteiger partial charge on any atom is 0.226 e. The lowest BCUT2D eigenvalue weighted by Gasteiger charge is -2.03. The van der Waals surface area contributed by atoms with Crippen LogP contribution < -0.4 is 5.32 Å². The number of benzene rings is 1. The third-order valence-corrected chi connectivity index (χ3v) is 4.21. The van der Waals surface area contributed by atoms with E-state index in [4.69, 9.17) is 4.52 Å². The van der Waals surface area contributed by atoms with Crippen LogP contribution in [0.15, 0.2) is 34.9 Å². The fourth-order valence-corrected chi connectivity index (χ4v) is 3.18. The molecule has 24 heavy (non-hydrogen) atoms. The van der Waals surface area contributed by atoms with E-state index in [9.17, 15) is 4.79 Å². The number of aromatic nitrogens is 3. The number of hydrogen-bond acceptors (Lipinski definition) is 6. The number of nitrogens with one attached hydrogen (secondary N) is 1. The number of rotatable bonds is 5. The summed E-state index contributed by atoms with van der Waals surface area (Å²) in [5, 5.41) is 7.39. The van der Waals surface area contributed by atoms with Gasteiger partial charge < -0.3 is 9.84 Å². The second-order valence-corrected chi connectivity index (χ2v) is 6.84. The average Bonchev–Trinajstić information content (AvgIpc) is 3.13. The van der Waals surface area contributed by atoms with E-state index in [0.29, 0.717) is 23.3 Å². The zero-order valence-electron chi connectivity index (χ0n) is 13.7. The van der Waals surface area contributed by atoms with Crippen LogP contribution in [0.2, 0.25) is 0 Å². The van der Waals surface area contributed by atoms with E-state index in [1.54, 1.807) is 6.92 Å². The van der Waals surface area contributed by atoms with Gasteiger partial charge >= 0.3 is 0 Å². The van der Waals surface area contributed by atoms with Gasteiger partial charge in [-0.2, -0.15) is 4.98 Å². The predicted molar refractivity (Wildman–Crippen MR) is 93.7 cm³/mol. The average molecular weight is 342 g/mol. The Hall–Kier alpha value is -2.54. The lowest BCUT2D eigenvalue weighted by Crippen LogP contribution is -2.13. The molecule has 0 aliphatic carbocycles. The topological polar surface area (TPSA) is 80.9 Å². The van der Waals surface area contributed by atoms with Crippen molar-refractivity contribution in [3.63, 3.8) is 0 Å². The largest absolute Gasteiger partial charge is 0.339 e. The number of thiazole rings is 1. The highest BCUT2D eigenvalue weighted by molar-refractivity contribution is 7.19. The van der Waals surface area contributed by atoms with Crippen LogP contribution in [0, 0.1) is 12.8 Å². The van der Waals surface area contributed by atoms with Crippen LogP contribution >= 0.6 is 11.3 Å². The molecule has 3 rings (SSSR count). The van der Waals surface area contributed by atoms with Gasteiger partial charge in [-0.05, 0) is 5.92 Å². The number of nitrogens with zero attached hydrogens (tertiary/aromatic N) is 3. The summed E-state index contributed by atoms with van der Waals surface area (Å²) in [6, 6.07) is 9.75. The number of hydrogen-bond donors (Lipinski definition) is 1. The van der Waals surface area contributed by atoms with Gasteiger partial charge in [0, 0.05) is 18.9 Å². The van der Waals surface area contributed by atoms with Crippen LogP contribution in [0.4, 0.5) is 5.13 Å². The Balaban J connectivity index is 1.98. The van der Waals surface area contributed by atoms with Crippen molar-refractivity contribution in [2.24, 2.45) is 5.92 Å². The molecule has 0 radical (unpaired) electrons. The maximum atomic E-state index is 12.0. The quantitative estimate of drug-likeness (QED) is 0.753. The molecule has 6 nitrogen and oxygen atoms in total. The Morgan fingerprint density at radius 3 is 2.62 bits per heavy atom. The van der Waals surface area contributed by atoms with Crippen LogP contribution in [-0.4, -0.2) is 21.0 Å². The van der Waals surface area contributed by atoms with E-state index in [1.807, 2.05) is 44.2 Å². The fourth-order valence-electron chi connectivity index (χ4n) is 2.25. The SMILES string of the molecule is Cc1nc(-c2sc(NC(=O)CC(C)C)nc2-c2ccccc2)no1. The molecule has 0 saturated heterocycles. The van der Waals surface area contributed by atoms with E-state index in [0.717, 1.165) is 16.1 Å². The van der Waals surface area contributed by atoms with Crippen molar-refractivity contribution in [1.29, 1.82) is 0 Å². The minimum Gasteiger partial charge on any atom is -0.339 e. The molecule has 0 aliphatic heterocycles. The first-order chi connectivity index (χ1) is 11.5. The van der Waals surface area contributed by atoms with E-state index in [2.05, 4.69) is 20.4 Å². The first-order valence-corrected chi connectivity index (χ1v) is 8.51. The van der Waals surface area contributed by atoms with Crippen molar-refractivity contribution in [2.75, 3.05) is 5.32 Å². The molecule has 1 N–H and O–H groups in total. The number of carbonyl (C=O) groups excluding carboxylic acids is 1. The molecule has 0 atom stereocenters. The molecule has 3 aromatic rings. The van der Waals surface area contributed by atoms with Gasteiger partial charge in [-0.1, -0.05) is 60.7 Å². The molecular formula is C17H18N4O2S. The van der Waals surface area contributed by atoms with Gasteiger partial charge in [0.25, 0.3) is 0 Å². The van der Waals surface area contributed by atoms with Crippen molar-refractivity contribution < 1.29 is 9.32 Å². The summed E-state index contributed by atoms with van der Waals surface area (Å²) >= 11 is 1.35. The maximum absolute atomic E-state index is 12.0. The van der Waals surface area contributed by atoms with Crippen LogP contribution in [0.1, 0.15) is 26.2 Å². The van der Waals surface area contributed by atoms with Crippen molar-refractivity contribution in [2.45, 2.75) is 27.2 Å². The molecule has 1 aromatic carbocycles. The smallest absolute Gasteiger partial charge is 0.226 e. The van der Waals surface area contributed by atoms with Gasteiger partial charge in [-0.15, -0.1) is 0 Å². The van der Waals surface area contributed by atoms with Gasteiger partial charge in [-0.3, -0.25) is 4.79 Å². The Kier molecular flexibility index (Phi) is 4.71. The van der Waals surface area contributed by atoms with Crippen LogP contribution in [0.3, 0.4) is 0 Å². The van der Waals surface area contributed by atoms with Gasteiger partial charge in [-0.25, -0.2) is 4.98 Å². The third-order valence-electron chi connectivity index (χ3n) is 3.25. The van der Waals surface area contributed by atoms with Crippen LogP contribution in [0.25, 0.3) is 22.0 Å². The van der Waals surface area contributed by atoms with E-state index in [-0.39, 0.29) is 11.8 Å². The highest BCUT2D eigenvalue weighted by Crippen LogP contribution is 2.37. The zero-order valence-corrected chi connectivity index (χ0v) is 14.6. The van der Waals surface area contributed by atoms with Gasteiger partial charge in [0.05, 0.1) is 5.69 Å². The van der Waals surface area contributed by atoms with Gasteiger partial charge in [0.15, 0.2) is 5.13 Å². The third kappa shape index (κ3) is 3.68. The van der Waals surface area contributed by atoms with Gasteiger partial charge in [0.2, 0.25) is 17.6 Å². The summed E-state index contributed by atoms with van der Waals surface area (Å²) in [6.45, 7) is 5.75. The Morgan fingerprint density at radius 1 is 1.25 bits per heavy atom. The van der Waals surface area contributed by atoms with E-state index >= 15 is 0 Å². The molecule has 0 unspecified atom stereocenters. The van der Waals surface area contributed by atoms with Crippen molar-refractivity contribution >= 4 is 22.4 Å². The fraction of sp³-hybridized carbons (Fsp3) is 0.294. The first-order valence-electron chi connectivity index (χ1n) is 7.69. The van der Waals surface area contributed by atoms with Crippen LogP contribution in [-0.2, 0) is 4.79 Å². The molecule has 0 saturated carbocycles. The van der Waals surface area contributed by atoms with Crippen molar-refractivity contribution in [1.82, 2.24) is 15.1 Å². The Morgan fingerprint density at radius 2 is 2.00 bits per heavy atom. The van der Waals surface area contributed by atoms with Crippen molar-refractivity contribution in [3.05, 3.63) is 36.2 Å². The van der Waals surface area contributed by atoms with Crippen molar-refractivity contribution in [3.8, 4) is 22.0 Å². The predicted octanol–water partition coefficient (Wildman–Crippen LogP) is 4.15. The second-order valence-electron chi connectivity index (χ2n) is 5.85. The molecule has 0 aliphatic rings. The second kappa shape index (κ2) is 6.92. The summed E-state index contributed by atoms with van der Waals surface area (Å²) in [4.78, 5) is 21.7. The highest BCUT2D eigenvalue weighted by Gasteiger charge is 2.20. The monoisotopic (exact) mass is 342 g/mol. The number of amides is 1. The standard InChI is InChI=1S/C17H18N4O2S/c1-10(2)9-13(22)19-17-20-14(12-7-5-4-6-8-12)15(24-17)16-18-11(3)23-21-16/h4-8,10H,9H2,1-3H3,(H,19,20,22). The lowest BCUT2D eigenvalue weighted by molar-refractivity contribution is -0.116. The van der Waals surface area contributed by atoms with Gasteiger partial charge in [0.1, 0.15) is 4.88 Å². The zero-order chi connectivity index (χ0) is 17.1. The molecule has 2 aromatic heterocycles. The number of anilines is 1. The normalized spacial score (nSPS) is 11.0. The summed E-state index contributed by atoms with van der Waals surface area (Å²) in [6.07, 6.45) is 0.455. The van der Waals surface area contributed by atoms with Crippen LogP contribution in [0.5, 0.6) is 0 Å². The lowest BCUT2D eigenvalue weighted by atomic mass is 10.1. The number of aryl methyl sites for hydroxylation is 1. The first kappa shape index (κ1) is 16.3. The molecule has 2 heterocycles. The molecule has 124 valence electrons. The molecule has 0 spiro atoms. The summed E-state index contributed by atoms with van der Waals surface area (Å²) in [5.74, 6) is 1.21. The molecule has 0 bridgehead atoms. The summed E-state index contributed by atoms with van der Waals surface area (Å²) < 4.78 is 5.08. The molecular weight excluding hydrogens is 324 g/mol. The molecule has 0 fully saturated rings. The molecule has 1 amide bonds. The highest BCUT2D eigenvalue weighted by atomic mass is 32.1. The van der Waals surface area contributed by atoms with E-state index in [1.165, 1.54) is 11.3 Å². The number of carbonyl (C=O) groups is 1. The Bertz CT molecular complexity index is 839. The summed E-state index contributed by atoms with van der Waals surface area (Å²) in [7, 11) is 0. The molecule has 7 heteroatoms.